The average Bonchev–Trinajstić information content (AvgIpc) is 3.26. The van der Waals surface area contributed by atoms with Gasteiger partial charge in [0.15, 0.2) is 0 Å². The summed E-state index contributed by atoms with van der Waals surface area (Å²) in [5, 5.41) is 6.98. The zero-order valence-electron chi connectivity index (χ0n) is 16.1. The van der Waals surface area contributed by atoms with E-state index in [9.17, 15) is 9.18 Å². The highest BCUT2D eigenvalue weighted by Crippen LogP contribution is 2.35. The largest absolute Gasteiger partial charge is 0.381 e. The summed E-state index contributed by atoms with van der Waals surface area (Å²) in [6.07, 6.45) is 1.22. The van der Waals surface area contributed by atoms with Gasteiger partial charge in [0.25, 0.3) is 0 Å². The van der Waals surface area contributed by atoms with E-state index in [2.05, 4.69) is 15.5 Å². The van der Waals surface area contributed by atoms with Gasteiger partial charge in [0.2, 0.25) is 17.6 Å². The molecular weight excluding hydrogens is 373 g/mol. The minimum atomic E-state index is -0.645. The molecule has 1 fully saturated rings. The van der Waals surface area contributed by atoms with Gasteiger partial charge in [0.05, 0.1) is 5.41 Å². The second-order valence-electron chi connectivity index (χ2n) is 7.22. The van der Waals surface area contributed by atoms with Crippen LogP contribution in [0.25, 0.3) is 11.4 Å². The number of ether oxygens (including phenoxy) is 1. The van der Waals surface area contributed by atoms with Gasteiger partial charge in [-0.05, 0) is 49.6 Å². The van der Waals surface area contributed by atoms with Crippen LogP contribution >= 0.6 is 0 Å². The van der Waals surface area contributed by atoms with E-state index in [4.69, 9.17) is 9.26 Å². The Morgan fingerprint density at radius 2 is 1.79 bits per heavy atom. The highest BCUT2D eigenvalue weighted by molar-refractivity contribution is 5.88. The summed E-state index contributed by atoms with van der Waals surface area (Å²) in [4.78, 5) is 17.7. The number of nitrogens with zero attached hydrogens (tertiary/aromatic N) is 2. The van der Waals surface area contributed by atoms with E-state index >= 15 is 0 Å². The number of hydrogen-bond acceptors (Lipinski definition) is 5. The second kappa shape index (κ2) is 8.13. The molecule has 1 saturated heterocycles. The number of rotatable bonds is 5. The lowest BCUT2D eigenvalue weighted by Crippen LogP contribution is -2.48. The van der Waals surface area contributed by atoms with Gasteiger partial charge < -0.3 is 14.6 Å². The molecule has 2 aromatic carbocycles. The Labute approximate surface area is 168 Å². The fourth-order valence-corrected chi connectivity index (χ4v) is 3.65. The summed E-state index contributed by atoms with van der Waals surface area (Å²) in [7, 11) is 0. The minimum absolute atomic E-state index is 0.0824. The Bertz CT molecular complexity index is 966. The first kappa shape index (κ1) is 19.3. The van der Waals surface area contributed by atoms with Crippen molar-refractivity contribution < 1.29 is 18.4 Å². The van der Waals surface area contributed by atoms with E-state index in [-0.39, 0.29) is 11.7 Å². The molecule has 150 valence electrons. The molecule has 0 spiro atoms. The van der Waals surface area contributed by atoms with E-state index in [0.717, 1.165) is 5.56 Å². The van der Waals surface area contributed by atoms with Crippen molar-refractivity contribution in [1.82, 2.24) is 15.5 Å². The molecule has 1 unspecified atom stereocenters. The number of aromatic nitrogens is 2. The molecule has 1 aromatic heterocycles. The normalized spacial score (nSPS) is 16.9. The average molecular weight is 395 g/mol. The van der Waals surface area contributed by atoms with Gasteiger partial charge >= 0.3 is 0 Å². The standard InChI is InChI=1S/C22H22FN3O3/c1-15(20-25-19(26-29-20)16-7-9-18(23)10-8-16)24-21(27)22(11-13-28-14-12-22)17-5-3-2-4-6-17/h2-10,15H,11-14H2,1H3,(H,24,27). The Morgan fingerprint density at radius 1 is 1.10 bits per heavy atom. The molecule has 4 rings (SSSR count). The van der Waals surface area contributed by atoms with Crippen LogP contribution in [0, 0.1) is 5.82 Å². The summed E-state index contributed by atoms with van der Waals surface area (Å²) in [6.45, 7) is 2.87. The highest BCUT2D eigenvalue weighted by atomic mass is 19.1. The van der Waals surface area contributed by atoms with Crippen molar-refractivity contribution in [3.05, 3.63) is 71.9 Å². The van der Waals surface area contributed by atoms with Gasteiger partial charge in [-0.3, -0.25) is 4.79 Å². The number of carbonyl (C=O) groups excluding carboxylic acids is 1. The molecule has 1 aliphatic heterocycles. The quantitative estimate of drug-likeness (QED) is 0.711. The molecule has 29 heavy (non-hydrogen) atoms. The first-order valence-corrected chi connectivity index (χ1v) is 9.62. The van der Waals surface area contributed by atoms with E-state index in [1.54, 1.807) is 19.1 Å². The van der Waals surface area contributed by atoms with Crippen molar-refractivity contribution in [2.24, 2.45) is 0 Å². The van der Waals surface area contributed by atoms with E-state index in [1.165, 1.54) is 12.1 Å². The summed E-state index contributed by atoms with van der Waals surface area (Å²) in [6, 6.07) is 15.2. The van der Waals surface area contributed by atoms with Gasteiger partial charge in [0, 0.05) is 18.8 Å². The number of amides is 1. The van der Waals surface area contributed by atoms with Crippen molar-refractivity contribution >= 4 is 5.91 Å². The monoisotopic (exact) mass is 395 g/mol. The van der Waals surface area contributed by atoms with Gasteiger partial charge in [-0.15, -0.1) is 0 Å². The molecule has 1 aliphatic rings. The van der Waals surface area contributed by atoms with E-state index < -0.39 is 11.5 Å². The molecule has 0 radical (unpaired) electrons. The minimum Gasteiger partial charge on any atom is -0.381 e. The third-order valence-corrected chi connectivity index (χ3v) is 5.37. The molecule has 1 N–H and O–H groups in total. The Morgan fingerprint density at radius 3 is 2.48 bits per heavy atom. The SMILES string of the molecule is CC(NC(=O)C1(c2ccccc2)CCOCC1)c1nc(-c2ccc(F)cc2)no1. The van der Waals surface area contributed by atoms with Crippen LogP contribution in [0.5, 0.6) is 0 Å². The first-order valence-electron chi connectivity index (χ1n) is 9.62. The Hall–Kier alpha value is -3.06. The van der Waals surface area contributed by atoms with Crippen LogP contribution in [0.4, 0.5) is 4.39 Å². The predicted octanol–water partition coefficient (Wildman–Crippen LogP) is 3.80. The van der Waals surface area contributed by atoms with Crippen LogP contribution in [0.1, 0.15) is 37.3 Å². The lowest BCUT2D eigenvalue weighted by Gasteiger charge is -2.36. The maximum absolute atomic E-state index is 13.3. The van der Waals surface area contributed by atoms with Gasteiger partial charge in [-0.25, -0.2) is 4.39 Å². The molecule has 0 bridgehead atoms. The highest BCUT2D eigenvalue weighted by Gasteiger charge is 2.42. The molecule has 0 aliphatic carbocycles. The van der Waals surface area contributed by atoms with Crippen LogP contribution in [0.15, 0.2) is 59.1 Å². The van der Waals surface area contributed by atoms with E-state index in [0.29, 0.717) is 43.3 Å². The fraction of sp³-hybridized carbons (Fsp3) is 0.318. The molecular formula is C22H22FN3O3. The van der Waals surface area contributed by atoms with E-state index in [1.807, 2.05) is 30.3 Å². The van der Waals surface area contributed by atoms with Crippen LogP contribution < -0.4 is 5.32 Å². The topological polar surface area (TPSA) is 77.2 Å². The van der Waals surface area contributed by atoms with Crippen LogP contribution in [0.3, 0.4) is 0 Å². The Balaban J connectivity index is 1.53. The third-order valence-electron chi connectivity index (χ3n) is 5.37. The summed E-state index contributed by atoms with van der Waals surface area (Å²) in [5.74, 6) is 0.236. The molecule has 1 atom stereocenters. The van der Waals surface area contributed by atoms with Crippen LogP contribution in [-0.4, -0.2) is 29.3 Å². The van der Waals surface area contributed by atoms with Crippen molar-refractivity contribution in [3.8, 4) is 11.4 Å². The molecule has 7 heteroatoms. The molecule has 0 saturated carbocycles. The smallest absolute Gasteiger partial charge is 0.249 e. The lowest BCUT2D eigenvalue weighted by atomic mass is 9.73. The van der Waals surface area contributed by atoms with Gasteiger partial charge in [-0.1, -0.05) is 35.5 Å². The van der Waals surface area contributed by atoms with Gasteiger partial charge in [0.1, 0.15) is 11.9 Å². The number of hydrogen-bond donors (Lipinski definition) is 1. The van der Waals surface area contributed by atoms with Crippen molar-refractivity contribution in [2.75, 3.05) is 13.2 Å². The van der Waals surface area contributed by atoms with Crippen molar-refractivity contribution in [1.29, 1.82) is 0 Å². The number of benzene rings is 2. The third kappa shape index (κ3) is 3.91. The van der Waals surface area contributed by atoms with Crippen LogP contribution in [-0.2, 0) is 14.9 Å². The fourth-order valence-electron chi connectivity index (χ4n) is 3.65. The summed E-state index contributed by atoms with van der Waals surface area (Å²) < 4.78 is 24.0. The predicted molar refractivity (Wildman–Crippen MR) is 104 cm³/mol. The number of carbonyl (C=O) groups is 1. The lowest BCUT2D eigenvalue weighted by molar-refractivity contribution is -0.131. The summed E-state index contributed by atoms with van der Waals surface area (Å²) in [5.41, 5.74) is 0.976. The number of nitrogens with one attached hydrogen (secondary N) is 1. The maximum atomic E-state index is 13.3. The second-order valence-corrected chi connectivity index (χ2v) is 7.22. The van der Waals surface area contributed by atoms with Crippen LogP contribution in [0.2, 0.25) is 0 Å². The maximum Gasteiger partial charge on any atom is 0.249 e. The summed E-state index contributed by atoms with van der Waals surface area (Å²) >= 11 is 0. The van der Waals surface area contributed by atoms with Crippen molar-refractivity contribution in [3.63, 3.8) is 0 Å². The zero-order chi connectivity index (χ0) is 20.3. The Kier molecular flexibility index (Phi) is 5.40. The molecule has 3 aromatic rings. The van der Waals surface area contributed by atoms with Crippen molar-refractivity contribution in [2.45, 2.75) is 31.2 Å². The first-order chi connectivity index (χ1) is 14.1. The molecule has 1 amide bonds. The molecule has 6 nitrogen and oxygen atoms in total. The number of halogens is 1. The zero-order valence-corrected chi connectivity index (χ0v) is 16.1. The molecule has 2 heterocycles. The van der Waals surface area contributed by atoms with Gasteiger partial charge in [-0.2, -0.15) is 4.98 Å².